The summed E-state index contributed by atoms with van der Waals surface area (Å²) in [5.41, 5.74) is 5.09. The number of anilines is 1. The Hall–Kier alpha value is -3.92. The Morgan fingerprint density at radius 1 is 1.00 bits per heavy atom. The number of aromatic nitrogens is 3. The molecule has 0 saturated carbocycles. The van der Waals surface area contributed by atoms with E-state index >= 15 is 0 Å². The molecular weight excluding hydrogens is 528 g/mol. The third kappa shape index (κ3) is 5.08. The molecule has 0 saturated heterocycles. The summed E-state index contributed by atoms with van der Waals surface area (Å²) in [5.74, 6) is 0.439. The summed E-state index contributed by atoms with van der Waals surface area (Å²) in [7, 11) is -2.23. The van der Waals surface area contributed by atoms with Crippen LogP contribution in [0.25, 0.3) is 34.2 Å². The molecule has 1 aliphatic rings. The number of aryl methyl sites for hydroxylation is 1. The molecule has 3 heterocycles. The molecular formula is C30H26N4O3S2. The molecule has 0 bridgehead atoms. The molecule has 6 rings (SSSR count). The van der Waals surface area contributed by atoms with Gasteiger partial charge in [0.2, 0.25) is 17.0 Å². The first-order valence-corrected chi connectivity index (χ1v) is 15.0. The van der Waals surface area contributed by atoms with E-state index in [1.807, 2.05) is 60.9 Å². The first-order valence-electron chi connectivity index (χ1n) is 12.6. The minimum absolute atomic E-state index is 0.252. The van der Waals surface area contributed by atoms with Crippen LogP contribution in [0.4, 0.5) is 5.69 Å². The summed E-state index contributed by atoms with van der Waals surface area (Å²) in [6, 6.07) is 28.6. The molecule has 196 valence electrons. The number of nitrogens with zero attached hydrogens (tertiary/aromatic N) is 4. The second kappa shape index (κ2) is 10.3. The monoisotopic (exact) mass is 554 g/mol. The van der Waals surface area contributed by atoms with Crippen molar-refractivity contribution >= 4 is 44.5 Å². The SMILES string of the molecule is C[n+]1c(-c2nccn2-c2ccccc2)cc(C=C2Sc3ccccc3N2CCCS(=O)(=O)[O-])c2ccccc21. The molecule has 0 spiro atoms. The summed E-state index contributed by atoms with van der Waals surface area (Å²) in [6.45, 7) is 0.432. The van der Waals surface area contributed by atoms with Crippen molar-refractivity contribution < 1.29 is 17.5 Å². The topological polar surface area (TPSA) is 82.1 Å². The van der Waals surface area contributed by atoms with E-state index in [0.29, 0.717) is 6.54 Å². The van der Waals surface area contributed by atoms with E-state index in [1.165, 1.54) is 0 Å². The fourth-order valence-corrected chi connectivity index (χ4v) is 6.63. The van der Waals surface area contributed by atoms with Crippen molar-refractivity contribution in [1.29, 1.82) is 0 Å². The van der Waals surface area contributed by atoms with Crippen LogP contribution < -0.4 is 9.47 Å². The lowest BCUT2D eigenvalue weighted by Crippen LogP contribution is -2.33. The molecule has 0 unspecified atom stereocenters. The Labute approximate surface area is 231 Å². The van der Waals surface area contributed by atoms with E-state index in [2.05, 4.69) is 63.6 Å². The van der Waals surface area contributed by atoms with Crippen molar-refractivity contribution in [1.82, 2.24) is 9.55 Å². The van der Waals surface area contributed by atoms with Crippen LogP contribution in [-0.4, -0.2) is 34.8 Å². The van der Waals surface area contributed by atoms with Crippen molar-refractivity contribution in [3.05, 3.63) is 108 Å². The lowest BCUT2D eigenvalue weighted by atomic mass is 10.1. The number of hydrogen-bond acceptors (Lipinski definition) is 6. The molecule has 39 heavy (non-hydrogen) atoms. The van der Waals surface area contributed by atoms with Gasteiger partial charge in [-0.1, -0.05) is 54.2 Å². The minimum Gasteiger partial charge on any atom is -0.748 e. The predicted octanol–water partition coefficient (Wildman–Crippen LogP) is 5.36. The van der Waals surface area contributed by atoms with Crippen molar-refractivity contribution in [2.45, 2.75) is 11.3 Å². The first-order chi connectivity index (χ1) is 18.9. The van der Waals surface area contributed by atoms with Gasteiger partial charge in [-0.15, -0.1) is 0 Å². The molecule has 0 radical (unpaired) electrons. The number of benzene rings is 3. The standard InChI is InChI=1S/C30H26N4O3S2/c1-32-25-13-6-5-12-24(25)22(20-27(32)30-31-16-18-33(30)23-10-3-2-4-11-23)21-29-34(17-9-19-39(35,36)37)26-14-7-8-15-28(26)38-29/h2-8,10-16,18,20-21H,9,17,19H2,1H3. The number of fused-ring (bicyclic) bond motifs is 2. The molecule has 9 heteroatoms. The fraction of sp³-hybridized carbons (Fsp3) is 0.133. The van der Waals surface area contributed by atoms with Gasteiger partial charge in [-0.05, 0) is 48.4 Å². The van der Waals surface area contributed by atoms with E-state index in [1.54, 1.807) is 11.8 Å². The number of pyridine rings is 1. The maximum atomic E-state index is 11.3. The molecule has 2 aromatic heterocycles. The summed E-state index contributed by atoms with van der Waals surface area (Å²) in [5, 5.41) is 2.07. The van der Waals surface area contributed by atoms with E-state index in [9.17, 15) is 13.0 Å². The van der Waals surface area contributed by atoms with Gasteiger partial charge < -0.3 is 9.45 Å². The van der Waals surface area contributed by atoms with Crippen molar-refractivity contribution in [3.63, 3.8) is 0 Å². The zero-order valence-electron chi connectivity index (χ0n) is 21.3. The average molecular weight is 555 g/mol. The molecule has 0 atom stereocenters. The Morgan fingerprint density at radius 3 is 2.56 bits per heavy atom. The molecule has 3 aromatic carbocycles. The van der Waals surface area contributed by atoms with Crippen LogP contribution >= 0.6 is 11.8 Å². The maximum Gasteiger partial charge on any atom is 0.249 e. The van der Waals surface area contributed by atoms with Crippen LogP contribution in [0.5, 0.6) is 0 Å². The van der Waals surface area contributed by atoms with Crippen molar-refractivity contribution in [2.75, 3.05) is 17.2 Å². The largest absolute Gasteiger partial charge is 0.748 e. The molecule has 0 aliphatic carbocycles. The van der Waals surface area contributed by atoms with E-state index in [4.69, 9.17) is 4.98 Å². The van der Waals surface area contributed by atoms with Crippen LogP contribution in [0.15, 0.2) is 107 Å². The quantitative estimate of drug-likeness (QED) is 0.199. The number of para-hydroxylation sites is 3. The Kier molecular flexibility index (Phi) is 6.72. The average Bonchev–Trinajstić information content (AvgIpc) is 3.55. The normalized spacial score (nSPS) is 14.3. The highest BCUT2D eigenvalue weighted by atomic mass is 32.2. The smallest absolute Gasteiger partial charge is 0.249 e. The van der Waals surface area contributed by atoms with Gasteiger partial charge in [-0.2, -0.15) is 4.57 Å². The third-order valence-corrected chi connectivity index (χ3v) is 8.73. The van der Waals surface area contributed by atoms with Gasteiger partial charge in [-0.25, -0.2) is 13.4 Å². The minimum atomic E-state index is -4.28. The summed E-state index contributed by atoms with van der Waals surface area (Å²) < 4.78 is 38.1. The molecule has 0 N–H and O–H groups in total. The molecule has 0 amide bonds. The second-order valence-electron chi connectivity index (χ2n) is 9.34. The Bertz CT molecular complexity index is 1820. The van der Waals surface area contributed by atoms with E-state index < -0.39 is 10.1 Å². The third-order valence-electron chi connectivity index (χ3n) is 6.83. The number of hydrogen-bond donors (Lipinski definition) is 0. The molecule has 1 aliphatic heterocycles. The number of thioether (sulfide) groups is 1. The zero-order chi connectivity index (χ0) is 27.0. The Morgan fingerprint density at radius 2 is 1.74 bits per heavy atom. The van der Waals surface area contributed by atoms with Crippen LogP contribution in [0.2, 0.25) is 0 Å². The number of imidazole rings is 1. The second-order valence-corrected chi connectivity index (χ2v) is 11.9. The highest BCUT2D eigenvalue weighted by molar-refractivity contribution is 8.03. The number of rotatable bonds is 7. The fourth-order valence-electron chi connectivity index (χ4n) is 5.01. The highest BCUT2D eigenvalue weighted by Gasteiger charge is 2.27. The summed E-state index contributed by atoms with van der Waals surface area (Å²) >= 11 is 1.64. The van der Waals surface area contributed by atoms with Crippen LogP contribution in [-0.2, 0) is 17.2 Å². The predicted molar refractivity (Wildman–Crippen MR) is 154 cm³/mol. The molecule has 5 aromatic rings. The van der Waals surface area contributed by atoms with Crippen LogP contribution in [0, 0.1) is 0 Å². The lowest BCUT2D eigenvalue weighted by molar-refractivity contribution is -0.633. The van der Waals surface area contributed by atoms with E-state index in [-0.39, 0.29) is 12.2 Å². The maximum absolute atomic E-state index is 11.3. The molecule has 7 nitrogen and oxygen atoms in total. The van der Waals surface area contributed by atoms with Gasteiger partial charge in [0.1, 0.15) is 7.05 Å². The lowest BCUT2D eigenvalue weighted by Gasteiger charge is -2.21. The van der Waals surface area contributed by atoms with Gasteiger partial charge >= 0.3 is 0 Å². The summed E-state index contributed by atoms with van der Waals surface area (Å²) in [6.07, 6.45) is 6.18. The van der Waals surface area contributed by atoms with Crippen molar-refractivity contribution in [2.24, 2.45) is 7.05 Å². The van der Waals surface area contributed by atoms with Crippen LogP contribution in [0.1, 0.15) is 12.0 Å². The van der Waals surface area contributed by atoms with Crippen LogP contribution in [0.3, 0.4) is 0 Å². The summed E-state index contributed by atoms with van der Waals surface area (Å²) in [4.78, 5) is 7.94. The van der Waals surface area contributed by atoms with Gasteiger partial charge in [0.25, 0.3) is 0 Å². The van der Waals surface area contributed by atoms with E-state index in [0.717, 1.165) is 49.3 Å². The highest BCUT2D eigenvalue weighted by Crippen LogP contribution is 2.47. The van der Waals surface area contributed by atoms with Gasteiger partial charge in [0.05, 0.1) is 26.2 Å². The van der Waals surface area contributed by atoms with Gasteiger partial charge in [-0.3, -0.25) is 4.57 Å². The first kappa shape index (κ1) is 25.4. The Balaban J connectivity index is 1.48. The van der Waals surface area contributed by atoms with Gasteiger partial charge in [0, 0.05) is 47.4 Å². The molecule has 0 fully saturated rings. The van der Waals surface area contributed by atoms with Crippen molar-refractivity contribution in [3.8, 4) is 17.2 Å². The zero-order valence-corrected chi connectivity index (χ0v) is 22.9. The van der Waals surface area contributed by atoms with Gasteiger partial charge in [0.15, 0.2) is 0 Å².